The second kappa shape index (κ2) is 7.55. The number of benzene rings is 1. The van der Waals surface area contributed by atoms with Crippen molar-refractivity contribution in [3.05, 3.63) is 35.4 Å². The van der Waals surface area contributed by atoms with Crippen molar-refractivity contribution in [1.82, 2.24) is 10.2 Å². The first-order valence-corrected chi connectivity index (χ1v) is 7.69. The average Bonchev–Trinajstić information content (AvgIpc) is 3.01. The van der Waals surface area contributed by atoms with Gasteiger partial charge in [-0.25, -0.2) is 4.79 Å². The number of carbonyl (C=O) groups is 2. The lowest BCUT2D eigenvalue weighted by atomic mass is 10.1. The number of aliphatic carboxylic acids is 1. The second-order valence-electron chi connectivity index (χ2n) is 5.80. The van der Waals surface area contributed by atoms with Gasteiger partial charge in [-0.1, -0.05) is 18.2 Å². The Labute approximate surface area is 137 Å². The molecule has 2 amide bonds. The Morgan fingerprint density at radius 2 is 2.08 bits per heavy atom. The molecule has 132 valence electrons. The molecule has 0 bridgehead atoms. The lowest BCUT2D eigenvalue weighted by Gasteiger charge is -2.16. The van der Waals surface area contributed by atoms with Crippen molar-refractivity contribution in [2.24, 2.45) is 5.92 Å². The molecular weight excluding hydrogens is 325 g/mol. The zero-order chi connectivity index (χ0) is 17.7. The predicted octanol–water partition coefficient (Wildman–Crippen LogP) is 2.75. The van der Waals surface area contributed by atoms with E-state index >= 15 is 0 Å². The van der Waals surface area contributed by atoms with Gasteiger partial charge in [0.2, 0.25) is 0 Å². The van der Waals surface area contributed by atoms with Gasteiger partial charge in [-0.15, -0.1) is 0 Å². The summed E-state index contributed by atoms with van der Waals surface area (Å²) in [5.74, 6) is -1.43. The molecule has 24 heavy (non-hydrogen) atoms. The Balaban J connectivity index is 1.73. The maximum atomic E-state index is 12.6. The van der Waals surface area contributed by atoms with Crippen LogP contribution >= 0.6 is 0 Å². The van der Waals surface area contributed by atoms with E-state index in [4.69, 9.17) is 5.11 Å². The van der Waals surface area contributed by atoms with Gasteiger partial charge in [-0.05, 0) is 30.9 Å². The highest BCUT2D eigenvalue weighted by atomic mass is 19.4. The highest BCUT2D eigenvalue weighted by Gasteiger charge is 2.31. The summed E-state index contributed by atoms with van der Waals surface area (Å²) < 4.78 is 37.9. The summed E-state index contributed by atoms with van der Waals surface area (Å²) in [6, 6.07) is 4.79. The standard InChI is InChI=1S/C16H19F3N2O3/c17-16(18,19)13-5-1-3-11(9-13)4-2-7-20-15(24)21-8-6-12(10-21)14(22)23/h1,3,5,9,12H,2,4,6-8,10H2,(H,20,24)(H,22,23). The van der Waals surface area contributed by atoms with Crippen molar-refractivity contribution >= 4 is 12.0 Å². The number of nitrogens with zero attached hydrogens (tertiary/aromatic N) is 1. The zero-order valence-corrected chi connectivity index (χ0v) is 13.0. The number of hydrogen-bond donors (Lipinski definition) is 2. The predicted molar refractivity (Wildman–Crippen MR) is 80.5 cm³/mol. The summed E-state index contributed by atoms with van der Waals surface area (Å²) in [7, 11) is 0. The van der Waals surface area contributed by atoms with Gasteiger partial charge in [0.25, 0.3) is 0 Å². The summed E-state index contributed by atoms with van der Waals surface area (Å²) in [6.45, 7) is 0.911. The van der Waals surface area contributed by atoms with Crippen LogP contribution in [-0.2, 0) is 17.4 Å². The van der Waals surface area contributed by atoms with Gasteiger partial charge in [-0.2, -0.15) is 13.2 Å². The lowest BCUT2D eigenvalue weighted by molar-refractivity contribution is -0.141. The fourth-order valence-corrected chi connectivity index (χ4v) is 2.65. The van der Waals surface area contributed by atoms with Gasteiger partial charge in [0.05, 0.1) is 11.5 Å². The molecule has 1 saturated heterocycles. The SMILES string of the molecule is O=C(O)C1CCN(C(=O)NCCCc2cccc(C(F)(F)F)c2)C1. The van der Waals surface area contributed by atoms with E-state index in [0.717, 1.165) is 12.1 Å². The van der Waals surface area contributed by atoms with Gasteiger partial charge < -0.3 is 15.3 Å². The molecule has 0 saturated carbocycles. The third-order valence-corrected chi connectivity index (χ3v) is 4.00. The van der Waals surface area contributed by atoms with Crippen LogP contribution in [0.2, 0.25) is 0 Å². The summed E-state index contributed by atoms with van der Waals surface area (Å²) in [6.07, 6.45) is -3.00. The maximum Gasteiger partial charge on any atom is 0.416 e. The quantitative estimate of drug-likeness (QED) is 0.807. The van der Waals surface area contributed by atoms with Crippen LogP contribution in [0.15, 0.2) is 24.3 Å². The molecule has 1 atom stereocenters. The molecule has 1 aromatic carbocycles. The Bertz CT molecular complexity index is 604. The largest absolute Gasteiger partial charge is 0.481 e. The van der Waals surface area contributed by atoms with E-state index in [9.17, 15) is 22.8 Å². The van der Waals surface area contributed by atoms with Crippen molar-refractivity contribution < 1.29 is 27.9 Å². The third-order valence-electron chi connectivity index (χ3n) is 4.00. The molecule has 5 nitrogen and oxygen atoms in total. The van der Waals surface area contributed by atoms with Crippen LogP contribution in [0.4, 0.5) is 18.0 Å². The Kier molecular flexibility index (Phi) is 5.69. The number of rotatable bonds is 5. The van der Waals surface area contributed by atoms with Gasteiger partial charge >= 0.3 is 18.2 Å². The van der Waals surface area contributed by atoms with E-state index in [2.05, 4.69) is 5.32 Å². The van der Waals surface area contributed by atoms with Crippen LogP contribution in [0.25, 0.3) is 0 Å². The van der Waals surface area contributed by atoms with E-state index in [1.807, 2.05) is 0 Å². The number of alkyl halides is 3. The molecule has 0 aromatic heterocycles. The topological polar surface area (TPSA) is 69.6 Å². The van der Waals surface area contributed by atoms with Crippen LogP contribution in [0.5, 0.6) is 0 Å². The number of nitrogens with one attached hydrogen (secondary N) is 1. The van der Waals surface area contributed by atoms with Crippen molar-refractivity contribution in [3.63, 3.8) is 0 Å². The van der Waals surface area contributed by atoms with Crippen LogP contribution in [0.1, 0.15) is 24.0 Å². The van der Waals surface area contributed by atoms with Gasteiger partial charge in [0.15, 0.2) is 0 Å². The molecule has 2 rings (SSSR count). The molecule has 1 aliphatic rings. The van der Waals surface area contributed by atoms with Gasteiger partial charge in [0, 0.05) is 19.6 Å². The van der Waals surface area contributed by atoms with Crippen LogP contribution in [0, 0.1) is 5.92 Å². The minimum absolute atomic E-state index is 0.189. The number of halogens is 3. The molecule has 2 N–H and O–H groups in total. The first-order valence-electron chi connectivity index (χ1n) is 7.69. The highest BCUT2D eigenvalue weighted by Crippen LogP contribution is 2.29. The smallest absolute Gasteiger partial charge is 0.416 e. The van der Waals surface area contributed by atoms with Gasteiger partial charge in [-0.3, -0.25) is 4.79 Å². The normalized spacial score (nSPS) is 17.8. The highest BCUT2D eigenvalue weighted by molar-refractivity contribution is 5.77. The molecule has 0 spiro atoms. The summed E-state index contributed by atoms with van der Waals surface area (Å²) in [4.78, 5) is 24.2. The summed E-state index contributed by atoms with van der Waals surface area (Å²) in [5, 5.41) is 11.6. The number of aryl methyl sites for hydroxylation is 1. The number of carboxylic acids is 1. The van der Waals surface area contributed by atoms with Crippen molar-refractivity contribution in [1.29, 1.82) is 0 Å². The lowest BCUT2D eigenvalue weighted by Crippen LogP contribution is -2.39. The van der Waals surface area contributed by atoms with E-state index in [1.54, 1.807) is 6.07 Å². The number of carbonyl (C=O) groups excluding carboxylic acids is 1. The molecule has 1 heterocycles. The number of carboxylic acid groups (broad SMARTS) is 1. The zero-order valence-electron chi connectivity index (χ0n) is 13.0. The minimum Gasteiger partial charge on any atom is -0.481 e. The van der Waals surface area contributed by atoms with E-state index < -0.39 is 23.6 Å². The third kappa shape index (κ3) is 4.87. The molecule has 1 aromatic rings. The summed E-state index contributed by atoms with van der Waals surface area (Å²) in [5.41, 5.74) is -0.119. The Morgan fingerprint density at radius 1 is 1.33 bits per heavy atom. The molecular formula is C16H19F3N2O3. The second-order valence-corrected chi connectivity index (χ2v) is 5.80. The first kappa shape index (κ1) is 18.1. The van der Waals surface area contributed by atoms with Crippen LogP contribution in [0.3, 0.4) is 0 Å². The van der Waals surface area contributed by atoms with E-state index in [1.165, 1.54) is 11.0 Å². The van der Waals surface area contributed by atoms with Crippen LogP contribution < -0.4 is 5.32 Å². The molecule has 0 aliphatic carbocycles. The van der Waals surface area contributed by atoms with E-state index in [-0.39, 0.29) is 12.6 Å². The first-order chi connectivity index (χ1) is 11.3. The Hall–Kier alpha value is -2.25. The molecule has 8 heteroatoms. The maximum absolute atomic E-state index is 12.6. The molecule has 1 aliphatic heterocycles. The van der Waals surface area contributed by atoms with Crippen molar-refractivity contribution in [2.45, 2.75) is 25.4 Å². The van der Waals surface area contributed by atoms with E-state index in [0.29, 0.717) is 37.9 Å². The average molecular weight is 344 g/mol. The molecule has 0 radical (unpaired) electrons. The Morgan fingerprint density at radius 3 is 2.71 bits per heavy atom. The monoisotopic (exact) mass is 344 g/mol. The van der Waals surface area contributed by atoms with Crippen molar-refractivity contribution in [2.75, 3.05) is 19.6 Å². The van der Waals surface area contributed by atoms with Crippen molar-refractivity contribution in [3.8, 4) is 0 Å². The number of likely N-dealkylation sites (tertiary alicyclic amines) is 1. The summed E-state index contributed by atoms with van der Waals surface area (Å²) >= 11 is 0. The number of amides is 2. The fourth-order valence-electron chi connectivity index (χ4n) is 2.65. The molecule has 1 unspecified atom stereocenters. The van der Waals surface area contributed by atoms with Gasteiger partial charge in [0.1, 0.15) is 0 Å². The number of hydrogen-bond acceptors (Lipinski definition) is 2. The minimum atomic E-state index is -4.36. The molecule has 1 fully saturated rings. The number of urea groups is 1. The van der Waals surface area contributed by atoms with Crippen LogP contribution in [-0.4, -0.2) is 41.6 Å². The fraction of sp³-hybridized carbons (Fsp3) is 0.500.